The highest BCUT2D eigenvalue weighted by molar-refractivity contribution is 7.27. The highest BCUT2D eigenvalue weighted by atomic mass is 35.5. The number of para-hydroxylation sites is 2. The third-order valence-corrected chi connectivity index (χ3v) is 9.74. The largest absolute Gasteiger partial charge is 0.455 e. The second kappa shape index (κ2) is 8.68. The standard InChI is InChI=1S/C38H21ClOS/c39-24-17-19-31-33(21-24)27-10-4-5-11-28(27)35-32-18-16-23(20-34(32)41-38(31)35)26-13-7-15-30-29-14-6-12-25(36(29)40-37(26)30)22-8-2-1-3-9-22/h1-21H. The van der Waals surface area contributed by atoms with Crippen LogP contribution < -0.4 is 0 Å². The molecule has 0 saturated carbocycles. The van der Waals surface area contributed by atoms with E-state index >= 15 is 0 Å². The monoisotopic (exact) mass is 560 g/mol. The Morgan fingerprint density at radius 3 is 1.90 bits per heavy atom. The number of hydrogen-bond donors (Lipinski definition) is 0. The Morgan fingerprint density at radius 2 is 1.12 bits per heavy atom. The Labute approximate surface area is 244 Å². The molecule has 0 aliphatic carbocycles. The van der Waals surface area contributed by atoms with Crippen molar-refractivity contribution in [3.8, 4) is 22.3 Å². The van der Waals surface area contributed by atoms with E-state index in [4.69, 9.17) is 16.0 Å². The van der Waals surface area contributed by atoms with Crippen LogP contribution in [0.2, 0.25) is 5.02 Å². The zero-order valence-corrected chi connectivity index (χ0v) is 23.4. The first-order chi connectivity index (χ1) is 20.2. The van der Waals surface area contributed by atoms with Crippen LogP contribution in [0.3, 0.4) is 0 Å². The van der Waals surface area contributed by atoms with Crippen LogP contribution >= 0.6 is 22.9 Å². The first kappa shape index (κ1) is 23.1. The van der Waals surface area contributed by atoms with Crippen molar-refractivity contribution in [3.05, 3.63) is 132 Å². The molecule has 3 heteroatoms. The van der Waals surface area contributed by atoms with Crippen LogP contribution in [-0.4, -0.2) is 0 Å². The van der Waals surface area contributed by atoms with Gasteiger partial charge in [0.05, 0.1) is 0 Å². The van der Waals surface area contributed by atoms with Crippen molar-refractivity contribution < 1.29 is 4.42 Å². The summed E-state index contributed by atoms with van der Waals surface area (Å²) in [5.74, 6) is 0. The summed E-state index contributed by atoms with van der Waals surface area (Å²) in [7, 11) is 0. The number of benzene rings is 7. The first-order valence-corrected chi connectivity index (χ1v) is 14.9. The third-order valence-electron chi connectivity index (χ3n) is 8.32. The molecule has 1 nitrogen and oxygen atoms in total. The average molecular weight is 561 g/mol. The van der Waals surface area contributed by atoms with Gasteiger partial charge in [-0.25, -0.2) is 0 Å². The molecule has 0 unspecified atom stereocenters. The summed E-state index contributed by atoms with van der Waals surface area (Å²) < 4.78 is 9.28. The van der Waals surface area contributed by atoms with E-state index in [9.17, 15) is 0 Å². The fourth-order valence-corrected chi connectivity index (χ4v) is 7.95. The van der Waals surface area contributed by atoms with Crippen LogP contribution in [-0.2, 0) is 0 Å². The molecule has 0 spiro atoms. The van der Waals surface area contributed by atoms with Gasteiger partial charge in [-0.2, -0.15) is 0 Å². The van der Waals surface area contributed by atoms with Gasteiger partial charge in [0.1, 0.15) is 11.2 Å². The topological polar surface area (TPSA) is 13.1 Å². The van der Waals surface area contributed by atoms with Crippen LogP contribution in [0, 0.1) is 0 Å². The van der Waals surface area contributed by atoms with Crippen molar-refractivity contribution in [3.63, 3.8) is 0 Å². The molecular weight excluding hydrogens is 540 g/mol. The van der Waals surface area contributed by atoms with Crippen molar-refractivity contribution in [1.82, 2.24) is 0 Å². The van der Waals surface area contributed by atoms with Crippen molar-refractivity contribution in [2.24, 2.45) is 0 Å². The van der Waals surface area contributed by atoms with E-state index in [-0.39, 0.29) is 0 Å². The molecule has 0 saturated heterocycles. The average Bonchev–Trinajstić information content (AvgIpc) is 3.60. The summed E-state index contributed by atoms with van der Waals surface area (Å²) in [6, 6.07) is 45.2. The first-order valence-electron chi connectivity index (χ1n) is 13.7. The summed E-state index contributed by atoms with van der Waals surface area (Å²) in [5.41, 5.74) is 6.40. The minimum atomic E-state index is 0.764. The van der Waals surface area contributed by atoms with E-state index in [1.807, 2.05) is 23.5 Å². The van der Waals surface area contributed by atoms with Crippen LogP contribution in [0.25, 0.3) is 85.9 Å². The van der Waals surface area contributed by atoms with Gasteiger partial charge in [-0.15, -0.1) is 11.3 Å². The lowest BCUT2D eigenvalue weighted by molar-refractivity contribution is 0.671. The molecule has 0 bridgehead atoms. The van der Waals surface area contributed by atoms with Gasteiger partial charge >= 0.3 is 0 Å². The zero-order valence-electron chi connectivity index (χ0n) is 21.8. The lowest BCUT2D eigenvalue weighted by Crippen LogP contribution is -1.81. The Kier molecular flexibility index (Phi) is 4.89. The maximum atomic E-state index is 6.71. The predicted molar refractivity (Wildman–Crippen MR) is 178 cm³/mol. The van der Waals surface area contributed by atoms with Crippen molar-refractivity contribution in [1.29, 1.82) is 0 Å². The molecule has 0 amide bonds. The molecular formula is C38H21ClOS. The summed E-state index contributed by atoms with van der Waals surface area (Å²) in [5, 5.41) is 10.6. The Balaban J connectivity index is 1.31. The SMILES string of the molecule is Clc1ccc2c(c1)c1ccccc1c1c3ccc(-c4cccc5c4oc4c(-c6ccccc6)cccc45)cc3sc21. The van der Waals surface area contributed by atoms with E-state index < -0.39 is 0 Å². The number of halogens is 1. The highest BCUT2D eigenvalue weighted by Crippen LogP contribution is 2.46. The van der Waals surface area contributed by atoms with Crippen molar-refractivity contribution >= 4 is 86.6 Å². The zero-order chi connectivity index (χ0) is 27.1. The third kappa shape index (κ3) is 3.35. The normalized spacial score (nSPS) is 12.0. The molecule has 0 radical (unpaired) electrons. The minimum absolute atomic E-state index is 0.764. The van der Waals surface area contributed by atoms with E-state index in [1.165, 1.54) is 41.7 Å². The van der Waals surface area contributed by atoms with Gasteiger partial charge in [0, 0.05) is 52.5 Å². The lowest BCUT2D eigenvalue weighted by Gasteiger charge is -2.08. The van der Waals surface area contributed by atoms with E-state index in [1.54, 1.807) is 0 Å². The van der Waals surface area contributed by atoms with Gasteiger partial charge < -0.3 is 4.42 Å². The molecule has 0 atom stereocenters. The highest BCUT2D eigenvalue weighted by Gasteiger charge is 2.18. The molecule has 9 aromatic rings. The number of furan rings is 1. The van der Waals surface area contributed by atoms with E-state index in [2.05, 4.69) is 115 Å². The summed E-state index contributed by atoms with van der Waals surface area (Å²) in [4.78, 5) is 0. The molecule has 2 aromatic heterocycles. The quantitative estimate of drug-likeness (QED) is 0.192. The second-order valence-electron chi connectivity index (χ2n) is 10.6. The molecule has 192 valence electrons. The molecule has 0 N–H and O–H groups in total. The van der Waals surface area contributed by atoms with Gasteiger partial charge in [0.25, 0.3) is 0 Å². The summed E-state index contributed by atoms with van der Waals surface area (Å²) in [6.07, 6.45) is 0. The Bertz CT molecular complexity index is 2480. The van der Waals surface area contributed by atoms with Gasteiger partial charge in [0.2, 0.25) is 0 Å². The van der Waals surface area contributed by atoms with Crippen LogP contribution in [0.4, 0.5) is 0 Å². The molecule has 0 aliphatic heterocycles. The van der Waals surface area contributed by atoms with Crippen LogP contribution in [0.15, 0.2) is 132 Å². The molecule has 9 rings (SSSR count). The van der Waals surface area contributed by atoms with Gasteiger partial charge in [-0.1, -0.05) is 121 Å². The number of hydrogen-bond acceptors (Lipinski definition) is 2. The number of rotatable bonds is 2. The van der Waals surface area contributed by atoms with Gasteiger partial charge in [0.15, 0.2) is 0 Å². The van der Waals surface area contributed by atoms with Crippen molar-refractivity contribution in [2.75, 3.05) is 0 Å². The summed E-state index contributed by atoms with van der Waals surface area (Å²) >= 11 is 8.31. The molecule has 41 heavy (non-hydrogen) atoms. The Morgan fingerprint density at radius 1 is 0.463 bits per heavy atom. The molecule has 0 fully saturated rings. The predicted octanol–water partition coefficient (Wildman–Crippen LogP) is 12.2. The summed E-state index contributed by atoms with van der Waals surface area (Å²) in [6.45, 7) is 0. The van der Waals surface area contributed by atoms with E-state index in [0.717, 1.165) is 49.2 Å². The second-order valence-corrected chi connectivity index (χ2v) is 12.1. The maximum Gasteiger partial charge on any atom is 0.143 e. The van der Waals surface area contributed by atoms with Crippen LogP contribution in [0.1, 0.15) is 0 Å². The number of fused-ring (bicyclic) bond motifs is 11. The van der Waals surface area contributed by atoms with E-state index in [0.29, 0.717) is 0 Å². The Hall–Kier alpha value is -4.63. The van der Waals surface area contributed by atoms with Gasteiger partial charge in [-0.3, -0.25) is 0 Å². The molecule has 0 aliphatic rings. The molecule has 7 aromatic carbocycles. The van der Waals surface area contributed by atoms with Crippen LogP contribution in [0.5, 0.6) is 0 Å². The lowest BCUT2D eigenvalue weighted by atomic mass is 9.96. The molecule has 2 heterocycles. The fourth-order valence-electron chi connectivity index (χ4n) is 6.49. The number of thiophene rings is 1. The fraction of sp³-hybridized carbons (Fsp3) is 0. The van der Waals surface area contributed by atoms with Crippen molar-refractivity contribution in [2.45, 2.75) is 0 Å². The smallest absolute Gasteiger partial charge is 0.143 e. The minimum Gasteiger partial charge on any atom is -0.455 e. The van der Waals surface area contributed by atoms with Gasteiger partial charge in [-0.05, 0) is 45.5 Å². The maximum absolute atomic E-state index is 6.71.